The molecule has 1 saturated carbocycles. The number of nitriles is 1. The first-order valence-electron chi connectivity index (χ1n) is 5.29. The second-order valence-corrected chi connectivity index (χ2v) is 4.46. The molecule has 1 atom stereocenters. The molecule has 2 nitrogen and oxygen atoms in total. The average molecular weight is 239 g/mol. The Kier molecular flexibility index (Phi) is 3.42. The molecule has 0 aromatic heterocycles. The lowest BCUT2D eigenvalue weighted by atomic mass is 10.1. The van der Waals surface area contributed by atoms with Crippen LogP contribution in [0.25, 0.3) is 0 Å². The van der Waals surface area contributed by atoms with Crippen molar-refractivity contribution in [3.8, 4) is 6.07 Å². The second kappa shape index (κ2) is 4.82. The van der Waals surface area contributed by atoms with Crippen LogP contribution >= 0.6 is 11.6 Å². The van der Waals surface area contributed by atoms with Gasteiger partial charge in [0, 0.05) is 10.6 Å². The summed E-state index contributed by atoms with van der Waals surface area (Å²) in [6, 6.07) is 5.85. The van der Waals surface area contributed by atoms with Gasteiger partial charge in [-0.05, 0) is 37.4 Å². The molecule has 4 heteroatoms. The van der Waals surface area contributed by atoms with Crippen LogP contribution in [0.3, 0.4) is 0 Å². The number of benzene rings is 1. The predicted molar refractivity (Wildman–Crippen MR) is 60.5 cm³/mol. The van der Waals surface area contributed by atoms with Crippen LogP contribution in [0.4, 0.5) is 4.39 Å². The van der Waals surface area contributed by atoms with Crippen LogP contribution in [0, 0.1) is 23.1 Å². The fourth-order valence-electron chi connectivity index (χ4n) is 1.61. The van der Waals surface area contributed by atoms with Crippen molar-refractivity contribution in [1.82, 2.24) is 5.32 Å². The lowest BCUT2D eigenvalue weighted by Gasteiger charge is -2.13. The lowest BCUT2D eigenvalue weighted by Crippen LogP contribution is -2.23. The van der Waals surface area contributed by atoms with Gasteiger partial charge in [0.25, 0.3) is 0 Å². The molecule has 1 aliphatic rings. The molecule has 0 amide bonds. The molecule has 1 N–H and O–H groups in total. The summed E-state index contributed by atoms with van der Waals surface area (Å²) < 4.78 is 13.6. The van der Waals surface area contributed by atoms with E-state index in [2.05, 4.69) is 5.32 Å². The Morgan fingerprint density at radius 1 is 1.56 bits per heavy atom. The van der Waals surface area contributed by atoms with Crippen LogP contribution in [0.5, 0.6) is 0 Å². The van der Waals surface area contributed by atoms with Gasteiger partial charge in [-0.2, -0.15) is 5.26 Å². The van der Waals surface area contributed by atoms with E-state index in [9.17, 15) is 4.39 Å². The van der Waals surface area contributed by atoms with Gasteiger partial charge in [-0.15, -0.1) is 0 Å². The molecule has 2 rings (SSSR count). The molecule has 0 saturated heterocycles. The van der Waals surface area contributed by atoms with Gasteiger partial charge in [-0.25, -0.2) is 4.39 Å². The van der Waals surface area contributed by atoms with Gasteiger partial charge >= 0.3 is 0 Å². The summed E-state index contributed by atoms with van der Waals surface area (Å²) in [6.45, 7) is 0.753. The summed E-state index contributed by atoms with van der Waals surface area (Å²) in [5, 5.41) is 12.4. The number of halogens is 2. The predicted octanol–water partition coefficient (Wildman–Crippen LogP) is 3.04. The Hall–Kier alpha value is -1.11. The van der Waals surface area contributed by atoms with Gasteiger partial charge in [0.05, 0.1) is 6.07 Å². The van der Waals surface area contributed by atoms with Gasteiger partial charge in [-0.1, -0.05) is 17.7 Å². The zero-order valence-corrected chi connectivity index (χ0v) is 9.47. The highest BCUT2D eigenvalue weighted by atomic mass is 35.5. The Morgan fingerprint density at radius 2 is 2.31 bits per heavy atom. The Balaban J connectivity index is 2.15. The Bertz CT molecular complexity index is 403. The van der Waals surface area contributed by atoms with Crippen LogP contribution in [0.1, 0.15) is 24.4 Å². The molecular weight excluding hydrogens is 227 g/mol. The summed E-state index contributed by atoms with van der Waals surface area (Å²) in [7, 11) is 0. The number of hydrogen-bond acceptors (Lipinski definition) is 2. The topological polar surface area (TPSA) is 35.8 Å². The third-order valence-corrected chi connectivity index (χ3v) is 3.05. The number of rotatable bonds is 4. The van der Waals surface area contributed by atoms with E-state index in [1.165, 1.54) is 25.0 Å². The molecule has 1 aromatic rings. The molecule has 0 aliphatic heterocycles. The average Bonchev–Trinajstić information content (AvgIpc) is 3.06. The van der Waals surface area contributed by atoms with Crippen LogP contribution in [-0.4, -0.2) is 6.54 Å². The zero-order chi connectivity index (χ0) is 11.5. The van der Waals surface area contributed by atoms with E-state index in [0.717, 1.165) is 6.54 Å². The van der Waals surface area contributed by atoms with Crippen molar-refractivity contribution in [3.63, 3.8) is 0 Å². The minimum Gasteiger partial charge on any atom is -0.298 e. The molecular formula is C12H12ClFN2. The molecule has 1 aromatic carbocycles. The first kappa shape index (κ1) is 11.4. The zero-order valence-electron chi connectivity index (χ0n) is 8.71. The smallest absolute Gasteiger partial charge is 0.130 e. The third-order valence-electron chi connectivity index (χ3n) is 2.73. The minimum absolute atomic E-state index is 0.257. The maximum absolute atomic E-state index is 13.6. The van der Waals surface area contributed by atoms with E-state index in [-0.39, 0.29) is 5.56 Å². The van der Waals surface area contributed by atoms with E-state index >= 15 is 0 Å². The molecule has 1 fully saturated rings. The molecule has 0 heterocycles. The lowest BCUT2D eigenvalue weighted by molar-refractivity contribution is 0.548. The van der Waals surface area contributed by atoms with Crippen molar-refractivity contribution in [2.24, 2.45) is 5.92 Å². The van der Waals surface area contributed by atoms with Crippen molar-refractivity contribution in [1.29, 1.82) is 5.26 Å². The summed E-state index contributed by atoms with van der Waals surface area (Å²) >= 11 is 5.90. The molecule has 1 aliphatic carbocycles. The summed E-state index contributed by atoms with van der Waals surface area (Å²) in [6.07, 6.45) is 2.38. The van der Waals surface area contributed by atoms with Gasteiger partial charge in [0.2, 0.25) is 0 Å². The molecule has 0 spiro atoms. The van der Waals surface area contributed by atoms with Crippen LogP contribution in [0.15, 0.2) is 18.2 Å². The van der Waals surface area contributed by atoms with E-state index in [1.54, 1.807) is 6.07 Å². The van der Waals surface area contributed by atoms with Crippen LogP contribution in [-0.2, 0) is 0 Å². The number of nitrogens with zero attached hydrogens (tertiary/aromatic N) is 1. The van der Waals surface area contributed by atoms with E-state index < -0.39 is 11.9 Å². The quantitative estimate of drug-likeness (QED) is 0.875. The van der Waals surface area contributed by atoms with Gasteiger partial charge < -0.3 is 0 Å². The van der Waals surface area contributed by atoms with Crippen molar-refractivity contribution < 1.29 is 4.39 Å². The van der Waals surface area contributed by atoms with Crippen molar-refractivity contribution >= 4 is 11.6 Å². The normalized spacial score (nSPS) is 16.8. The van der Waals surface area contributed by atoms with E-state index in [1.807, 2.05) is 6.07 Å². The van der Waals surface area contributed by atoms with Gasteiger partial charge in [-0.3, -0.25) is 5.32 Å². The molecule has 1 unspecified atom stereocenters. The van der Waals surface area contributed by atoms with Crippen LogP contribution < -0.4 is 5.32 Å². The van der Waals surface area contributed by atoms with Gasteiger partial charge in [0.15, 0.2) is 0 Å². The monoisotopic (exact) mass is 238 g/mol. The highest BCUT2D eigenvalue weighted by Gasteiger charge is 2.24. The first-order valence-corrected chi connectivity index (χ1v) is 5.67. The van der Waals surface area contributed by atoms with E-state index in [4.69, 9.17) is 16.9 Å². The molecule has 84 valence electrons. The van der Waals surface area contributed by atoms with Crippen molar-refractivity contribution in [3.05, 3.63) is 34.6 Å². The summed E-state index contributed by atoms with van der Waals surface area (Å²) in [5.74, 6) is 0.212. The number of hydrogen-bond donors (Lipinski definition) is 1. The van der Waals surface area contributed by atoms with Gasteiger partial charge in [0.1, 0.15) is 11.9 Å². The molecule has 0 bridgehead atoms. The Labute approximate surface area is 99.0 Å². The standard InChI is InChI=1S/C12H12ClFN2/c13-9-2-1-3-10(14)12(9)11(6-15)16-7-8-4-5-8/h1-3,8,11,16H,4-5,7H2. The minimum atomic E-state index is -0.658. The highest BCUT2D eigenvalue weighted by Crippen LogP contribution is 2.30. The molecule has 0 radical (unpaired) electrons. The van der Waals surface area contributed by atoms with Crippen molar-refractivity contribution in [2.45, 2.75) is 18.9 Å². The molecule has 16 heavy (non-hydrogen) atoms. The van der Waals surface area contributed by atoms with Crippen molar-refractivity contribution in [2.75, 3.05) is 6.54 Å². The maximum atomic E-state index is 13.6. The van der Waals surface area contributed by atoms with E-state index in [0.29, 0.717) is 10.9 Å². The largest absolute Gasteiger partial charge is 0.298 e. The SMILES string of the molecule is N#CC(NCC1CC1)c1c(F)cccc1Cl. The Morgan fingerprint density at radius 3 is 2.88 bits per heavy atom. The summed E-state index contributed by atoms with van der Waals surface area (Å²) in [4.78, 5) is 0. The number of nitrogens with one attached hydrogen (secondary N) is 1. The summed E-state index contributed by atoms with van der Waals surface area (Å²) in [5.41, 5.74) is 0.257. The fraction of sp³-hybridized carbons (Fsp3) is 0.417. The highest BCUT2D eigenvalue weighted by molar-refractivity contribution is 6.31. The van der Waals surface area contributed by atoms with Crippen LogP contribution in [0.2, 0.25) is 5.02 Å². The third kappa shape index (κ3) is 2.52. The first-order chi connectivity index (χ1) is 7.72. The second-order valence-electron chi connectivity index (χ2n) is 4.05. The maximum Gasteiger partial charge on any atom is 0.130 e. The fourth-order valence-corrected chi connectivity index (χ4v) is 1.88.